The molecule has 27 heavy (non-hydrogen) atoms. The van der Waals surface area contributed by atoms with Crippen LogP contribution in [0.2, 0.25) is 0 Å². The van der Waals surface area contributed by atoms with Gasteiger partial charge >= 0.3 is 0 Å². The van der Waals surface area contributed by atoms with Gasteiger partial charge in [-0.3, -0.25) is 0 Å². The molecular formula is C24H19N3. The van der Waals surface area contributed by atoms with Gasteiger partial charge in [-0.2, -0.15) is 5.26 Å². The molecule has 1 aromatic heterocycles. The normalized spacial score (nSPS) is 11.1. The Labute approximate surface area is 159 Å². The molecular weight excluding hydrogens is 330 g/mol. The zero-order chi connectivity index (χ0) is 18.5. The van der Waals surface area contributed by atoms with Crippen LogP contribution in [0.3, 0.4) is 0 Å². The summed E-state index contributed by atoms with van der Waals surface area (Å²) in [7, 11) is 0. The largest absolute Gasteiger partial charge is 0.347 e. The lowest BCUT2D eigenvalue weighted by Gasteiger charge is -2.34. The highest BCUT2D eigenvalue weighted by molar-refractivity contribution is 5.56. The van der Waals surface area contributed by atoms with Crippen molar-refractivity contribution in [1.82, 2.24) is 9.97 Å². The fraction of sp³-hybridized carbons (Fsp3) is 0.0833. The molecule has 0 unspecified atom stereocenters. The number of imidazole rings is 1. The van der Waals surface area contributed by atoms with Gasteiger partial charge in [0, 0.05) is 12.4 Å². The molecule has 0 spiro atoms. The first kappa shape index (κ1) is 16.8. The van der Waals surface area contributed by atoms with Crippen molar-refractivity contribution in [3.05, 3.63) is 125 Å². The summed E-state index contributed by atoms with van der Waals surface area (Å²) in [5.41, 5.74) is 3.84. The molecule has 0 bridgehead atoms. The van der Waals surface area contributed by atoms with Crippen molar-refractivity contribution in [2.75, 3.05) is 0 Å². The second-order valence-electron chi connectivity index (χ2n) is 6.45. The molecule has 0 saturated carbocycles. The van der Waals surface area contributed by atoms with Crippen molar-refractivity contribution >= 4 is 0 Å². The Bertz CT molecular complexity index is 989. The van der Waals surface area contributed by atoms with E-state index < -0.39 is 5.41 Å². The number of nitrogens with zero attached hydrogens (tertiary/aromatic N) is 2. The number of H-pyrrole nitrogens is 1. The molecule has 4 aromatic rings. The van der Waals surface area contributed by atoms with Gasteiger partial charge in [0.2, 0.25) is 0 Å². The molecule has 0 amide bonds. The molecule has 4 rings (SSSR count). The molecule has 0 aliphatic carbocycles. The van der Waals surface area contributed by atoms with Gasteiger partial charge in [0.25, 0.3) is 0 Å². The Hall–Kier alpha value is -3.64. The molecule has 0 saturated heterocycles. The van der Waals surface area contributed by atoms with Gasteiger partial charge in [0.05, 0.1) is 12.5 Å². The molecule has 1 heterocycles. The molecule has 3 heteroatoms. The summed E-state index contributed by atoms with van der Waals surface area (Å²) < 4.78 is 0. The minimum atomic E-state index is -0.558. The first-order valence-electron chi connectivity index (χ1n) is 8.93. The highest BCUT2D eigenvalue weighted by Gasteiger charge is 2.40. The van der Waals surface area contributed by atoms with Gasteiger partial charge in [-0.15, -0.1) is 0 Å². The predicted octanol–water partition coefficient (Wildman–Crippen LogP) is 4.86. The summed E-state index contributed by atoms with van der Waals surface area (Å²) in [4.78, 5) is 8.02. The van der Waals surface area contributed by atoms with E-state index in [1.54, 1.807) is 6.20 Å². The van der Waals surface area contributed by atoms with Gasteiger partial charge in [-0.25, -0.2) is 4.98 Å². The summed E-state index contributed by atoms with van der Waals surface area (Å²) >= 11 is 0. The number of rotatable bonds is 5. The van der Waals surface area contributed by atoms with E-state index >= 15 is 0 Å². The van der Waals surface area contributed by atoms with Crippen molar-refractivity contribution in [2.24, 2.45) is 0 Å². The van der Waals surface area contributed by atoms with E-state index in [2.05, 4.69) is 76.7 Å². The maximum atomic E-state index is 8.99. The Kier molecular flexibility index (Phi) is 4.55. The van der Waals surface area contributed by atoms with Crippen LogP contribution in [0, 0.1) is 11.3 Å². The van der Waals surface area contributed by atoms with Crippen LogP contribution in [0.15, 0.2) is 97.3 Å². The molecule has 0 aliphatic rings. The molecule has 0 fully saturated rings. The van der Waals surface area contributed by atoms with Gasteiger partial charge in [0.15, 0.2) is 0 Å². The fourth-order valence-corrected chi connectivity index (χ4v) is 3.72. The third kappa shape index (κ3) is 2.92. The summed E-state index contributed by atoms with van der Waals surface area (Å²) in [6.07, 6.45) is 4.06. The van der Waals surface area contributed by atoms with Crippen LogP contribution in [-0.2, 0) is 11.8 Å². The number of nitrogens with one attached hydrogen (secondary N) is 1. The SMILES string of the molecule is N#CCc1ccc(C(c2ccccc2)(c2ccccc2)c2ncc[nH]2)cc1. The summed E-state index contributed by atoms with van der Waals surface area (Å²) in [6, 6.07) is 31.3. The van der Waals surface area contributed by atoms with E-state index in [-0.39, 0.29) is 0 Å². The maximum absolute atomic E-state index is 8.99. The quantitative estimate of drug-likeness (QED) is 0.523. The standard InChI is InChI=1S/C24H19N3/c25-16-15-19-11-13-22(14-12-19)24(23-26-17-18-27-23,20-7-3-1-4-8-20)21-9-5-2-6-10-21/h1-14,17-18H,15H2,(H,26,27). The molecule has 0 radical (unpaired) electrons. The van der Waals surface area contributed by atoms with Gasteiger partial charge in [0.1, 0.15) is 11.2 Å². The van der Waals surface area contributed by atoms with E-state index in [0.717, 1.165) is 28.1 Å². The average Bonchev–Trinajstić information content (AvgIpc) is 3.27. The van der Waals surface area contributed by atoms with Crippen molar-refractivity contribution in [3.8, 4) is 6.07 Å². The monoisotopic (exact) mass is 349 g/mol. The van der Waals surface area contributed by atoms with Gasteiger partial charge < -0.3 is 4.98 Å². The lowest BCUT2D eigenvalue weighted by Crippen LogP contribution is -2.32. The Morgan fingerprint density at radius 3 is 1.81 bits per heavy atom. The van der Waals surface area contributed by atoms with Crippen LogP contribution in [-0.4, -0.2) is 9.97 Å². The maximum Gasteiger partial charge on any atom is 0.125 e. The summed E-state index contributed by atoms with van der Waals surface area (Å²) in [5.74, 6) is 0.868. The highest BCUT2D eigenvalue weighted by Crippen LogP contribution is 2.43. The van der Waals surface area contributed by atoms with Gasteiger partial charge in [-0.1, -0.05) is 84.9 Å². The first-order chi connectivity index (χ1) is 13.4. The summed E-state index contributed by atoms with van der Waals surface area (Å²) in [6.45, 7) is 0. The van der Waals surface area contributed by atoms with E-state index in [1.165, 1.54) is 0 Å². The molecule has 0 atom stereocenters. The molecule has 3 aromatic carbocycles. The number of hydrogen-bond acceptors (Lipinski definition) is 2. The van der Waals surface area contributed by atoms with E-state index in [4.69, 9.17) is 5.26 Å². The average molecular weight is 349 g/mol. The fourth-order valence-electron chi connectivity index (χ4n) is 3.72. The Balaban J connectivity index is 2.04. The minimum absolute atomic E-state index is 0.407. The number of benzene rings is 3. The van der Waals surface area contributed by atoms with Crippen LogP contribution in [0.5, 0.6) is 0 Å². The Morgan fingerprint density at radius 2 is 1.33 bits per heavy atom. The smallest absolute Gasteiger partial charge is 0.125 e. The molecule has 0 aliphatic heterocycles. The van der Waals surface area contributed by atoms with Crippen LogP contribution in [0.1, 0.15) is 28.1 Å². The second-order valence-corrected chi connectivity index (χ2v) is 6.45. The number of hydrogen-bond donors (Lipinski definition) is 1. The predicted molar refractivity (Wildman–Crippen MR) is 106 cm³/mol. The van der Waals surface area contributed by atoms with E-state index in [9.17, 15) is 0 Å². The molecule has 3 nitrogen and oxygen atoms in total. The van der Waals surface area contributed by atoms with Crippen molar-refractivity contribution < 1.29 is 0 Å². The highest BCUT2D eigenvalue weighted by atomic mass is 14.9. The first-order valence-corrected chi connectivity index (χ1v) is 8.93. The summed E-state index contributed by atoms with van der Waals surface area (Å²) in [5, 5.41) is 8.99. The third-order valence-electron chi connectivity index (χ3n) is 4.94. The third-order valence-corrected chi connectivity index (χ3v) is 4.94. The van der Waals surface area contributed by atoms with Crippen LogP contribution >= 0.6 is 0 Å². The molecule has 130 valence electrons. The zero-order valence-electron chi connectivity index (χ0n) is 14.8. The molecule has 1 N–H and O–H groups in total. The lowest BCUT2D eigenvalue weighted by atomic mass is 9.68. The zero-order valence-corrected chi connectivity index (χ0v) is 14.8. The Morgan fingerprint density at radius 1 is 0.778 bits per heavy atom. The van der Waals surface area contributed by atoms with Gasteiger partial charge in [-0.05, 0) is 22.3 Å². The van der Waals surface area contributed by atoms with Crippen LogP contribution in [0.4, 0.5) is 0 Å². The minimum Gasteiger partial charge on any atom is -0.347 e. The number of aromatic amines is 1. The topological polar surface area (TPSA) is 52.5 Å². The second kappa shape index (κ2) is 7.31. The van der Waals surface area contributed by atoms with Crippen molar-refractivity contribution in [2.45, 2.75) is 11.8 Å². The van der Waals surface area contributed by atoms with E-state index in [0.29, 0.717) is 6.42 Å². The number of aromatic nitrogens is 2. The number of nitriles is 1. The van der Waals surface area contributed by atoms with E-state index in [1.807, 2.05) is 30.5 Å². The lowest BCUT2D eigenvalue weighted by molar-refractivity contribution is 0.692. The van der Waals surface area contributed by atoms with Crippen LogP contribution in [0.25, 0.3) is 0 Å². The van der Waals surface area contributed by atoms with Crippen molar-refractivity contribution in [3.63, 3.8) is 0 Å². The van der Waals surface area contributed by atoms with Crippen molar-refractivity contribution in [1.29, 1.82) is 5.26 Å². The van der Waals surface area contributed by atoms with Crippen LogP contribution < -0.4 is 0 Å².